The van der Waals surface area contributed by atoms with Crippen LogP contribution < -0.4 is 4.74 Å². The molecule has 0 aromatic heterocycles. The molecule has 0 saturated heterocycles. The van der Waals surface area contributed by atoms with Crippen molar-refractivity contribution in [2.24, 2.45) is 0 Å². The van der Waals surface area contributed by atoms with Gasteiger partial charge in [0, 0.05) is 6.42 Å². The van der Waals surface area contributed by atoms with Crippen molar-refractivity contribution >= 4 is 0 Å². The summed E-state index contributed by atoms with van der Waals surface area (Å²) in [5, 5.41) is 8.72. The molecule has 0 atom stereocenters. The van der Waals surface area contributed by atoms with Gasteiger partial charge in [0.15, 0.2) is 0 Å². The van der Waals surface area contributed by atoms with E-state index in [1.807, 2.05) is 0 Å². The van der Waals surface area contributed by atoms with E-state index in [1.165, 1.54) is 6.07 Å². The number of nitriles is 1. The molecule has 0 saturated carbocycles. The summed E-state index contributed by atoms with van der Waals surface area (Å²) in [5.74, 6) is -0.164. The Labute approximate surface area is 110 Å². The monoisotopic (exact) mass is 297 g/mol. The van der Waals surface area contributed by atoms with Gasteiger partial charge in [0.25, 0.3) is 0 Å². The molecule has 0 bridgehead atoms. The molecular formula is C12H9F6NO. The second kappa shape index (κ2) is 6.03. The number of hydrogen-bond acceptors (Lipinski definition) is 2. The predicted molar refractivity (Wildman–Crippen MR) is 56.9 cm³/mol. The van der Waals surface area contributed by atoms with E-state index in [9.17, 15) is 26.3 Å². The maximum atomic E-state index is 12.4. The van der Waals surface area contributed by atoms with Gasteiger partial charge in [-0.2, -0.15) is 31.6 Å². The van der Waals surface area contributed by atoms with Gasteiger partial charge >= 0.3 is 12.4 Å². The molecule has 0 N–H and O–H groups in total. The number of halogens is 6. The highest BCUT2D eigenvalue weighted by Crippen LogP contribution is 2.32. The van der Waals surface area contributed by atoms with Gasteiger partial charge in [0.05, 0.1) is 17.7 Å². The van der Waals surface area contributed by atoms with Crippen LogP contribution in [-0.4, -0.2) is 12.8 Å². The molecule has 0 aliphatic rings. The lowest BCUT2D eigenvalue weighted by atomic mass is 10.1. The molecule has 1 aromatic rings. The lowest BCUT2D eigenvalue weighted by Gasteiger charge is -2.11. The predicted octanol–water partition coefficient (Wildman–Crippen LogP) is 4.30. The van der Waals surface area contributed by atoms with Crippen LogP contribution >= 0.6 is 0 Å². The Morgan fingerprint density at radius 2 is 1.75 bits per heavy atom. The van der Waals surface area contributed by atoms with Crippen LogP contribution in [0.3, 0.4) is 0 Å². The summed E-state index contributed by atoms with van der Waals surface area (Å²) >= 11 is 0. The number of ether oxygens (including phenoxy) is 1. The summed E-state index contributed by atoms with van der Waals surface area (Å²) < 4.78 is 77.7. The minimum Gasteiger partial charge on any atom is -0.492 e. The average Bonchev–Trinajstić information content (AvgIpc) is 2.32. The second-order valence-corrected chi connectivity index (χ2v) is 3.89. The number of nitrogens with zero attached hydrogens (tertiary/aromatic N) is 1. The number of hydrogen-bond donors (Lipinski definition) is 0. The SMILES string of the molecule is N#Cc1cc(C(F)(F)F)ccc1OCCCC(F)(F)F. The van der Waals surface area contributed by atoms with Crippen molar-refractivity contribution in [1.29, 1.82) is 5.26 Å². The molecule has 110 valence electrons. The fourth-order valence-electron chi connectivity index (χ4n) is 1.37. The first-order valence-corrected chi connectivity index (χ1v) is 5.44. The molecule has 2 nitrogen and oxygen atoms in total. The van der Waals surface area contributed by atoms with Gasteiger partial charge in [0.1, 0.15) is 11.8 Å². The van der Waals surface area contributed by atoms with Crippen LogP contribution in [0.25, 0.3) is 0 Å². The number of alkyl halides is 6. The molecule has 0 fully saturated rings. The fraction of sp³-hybridized carbons (Fsp3) is 0.417. The maximum absolute atomic E-state index is 12.4. The molecule has 0 aliphatic carbocycles. The highest BCUT2D eigenvalue weighted by atomic mass is 19.4. The number of benzene rings is 1. The first kappa shape index (κ1) is 16.1. The van der Waals surface area contributed by atoms with Crippen molar-refractivity contribution in [3.8, 4) is 11.8 Å². The van der Waals surface area contributed by atoms with E-state index in [0.717, 1.165) is 6.07 Å². The zero-order valence-corrected chi connectivity index (χ0v) is 9.98. The Morgan fingerprint density at radius 1 is 1.10 bits per heavy atom. The Hall–Kier alpha value is -1.91. The third-order valence-corrected chi connectivity index (χ3v) is 2.29. The zero-order valence-electron chi connectivity index (χ0n) is 9.98. The maximum Gasteiger partial charge on any atom is 0.416 e. The van der Waals surface area contributed by atoms with Gasteiger partial charge in [-0.1, -0.05) is 0 Å². The Bertz CT molecular complexity index is 500. The Balaban J connectivity index is 2.70. The summed E-state index contributed by atoms with van der Waals surface area (Å²) in [6, 6.07) is 3.75. The van der Waals surface area contributed by atoms with Gasteiger partial charge in [-0.15, -0.1) is 0 Å². The first-order chi connectivity index (χ1) is 9.13. The van der Waals surface area contributed by atoms with Gasteiger partial charge in [-0.3, -0.25) is 0 Å². The van der Waals surface area contributed by atoms with E-state index < -0.39 is 24.3 Å². The topological polar surface area (TPSA) is 33.0 Å². The van der Waals surface area contributed by atoms with Crippen LogP contribution in [-0.2, 0) is 6.18 Å². The van der Waals surface area contributed by atoms with E-state index in [1.54, 1.807) is 0 Å². The van der Waals surface area contributed by atoms with Gasteiger partial charge in [-0.05, 0) is 24.6 Å². The van der Waals surface area contributed by atoms with E-state index in [2.05, 4.69) is 0 Å². The van der Waals surface area contributed by atoms with Crippen LogP contribution in [0.1, 0.15) is 24.0 Å². The minimum atomic E-state index is -4.60. The summed E-state index contributed by atoms with van der Waals surface area (Å²) in [4.78, 5) is 0. The van der Waals surface area contributed by atoms with Crippen molar-refractivity contribution in [3.63, 3.8) is 0 Å². The lowest BCUT2D eigenvalue weighted by Crippen LogP contribution is -2.10. The molecule has 0 aliphatic heterocycles. The van der Waals surface area contributed by atoms with Crippen molar-refractivity contribution in [3.05, 3.63) is 29.3 Å². The quantitative estimate of drug-likeness (QED) is 0.613. The van der Waals surface area contributed by atoms with Gasteiger partial charge in [-0.25, -0.2) is 0 Å². The molecule has 0 radical (unpaired) electrons. The molecule has 0 unspecified atom stereocenters. The normalized spacial score (nSPS) is 12.1. The van der Waals surface area contributed by atoms with Crippen LogP contribution in [0.4, 0.5) is 26.3 Å². The molecular weight excluding hydrogens is 288 g/mol. The third-order valence-electron chi connectivity index (χ3n) is 2.29. The largest absolute Gasteiger partial charge is 0.492 e. The summed E-state index contributed by atoms with van der Waals surface area (Å²) in [7, 11) is 0. The number of rotatable bonds is 4. The molecule has 0 heterocycles. The highest BCUT2D eigenvalue weighted by molar-refractivity contribution is 5.46. The van der Waals surface area contributed by atoms with Crippen molar-refractivity contribution in [2.45, 2.75) is 25.2 Å². The molecule has 1 aromatic carbocycles. The van der Waals surface area contributed by atoms with E-state index in [-0.39, 0.29) is 24.3 Å². The third kappa shape index (κ3) is 4.99. The van der Waals surface area contributed by atoms with Crippen LogP contribution in [0.5, 0.6) is 5.75 Å². The smallest absolute Gasteiger partial charge is 0.416 e. The average molecular weight is 297 g/mol. The molecule has 0 amide bonds. The highest BCUT2D eigenvalue weighted by Gasteiger charge is 2.31. The zero-order chi connectivity index (χ0) is 15.4. The van der Waals surface area contributed by atoms with Crippen molar-refractivity contribution in [2.75, 3.05) is 6.61 Å². The lowest BCUT2D eigenvalue weighted by molar-refractivity contribution is -0.138. The standard InChI is InChI=1S/C12H9F6NO/c13-11(14,15)4-1-5-20-10-3-2-9(12(16,17)18)6-8(10)7-19/h2-3,6H,1,4-5H2. The van der Waals surface area contributed by atoms with Gasteiger partial charge < -0.3 is 4.74 Å². The van der Waals surface area contributed by atoms with E-state index in [4.69, 9.17) is 10.00 Å². The second-order valence-electron chi connectivity index (χ2n) is 3.89. The Kier molecular flexibility index (Phi) is 4.87. The van der Waals surface area contributed by atoms with E-state index in [0.29, 0.717) is 12.1 Å². The van der Waals surface area contributed by atoms with Crippen LogP contribution in [0, 0.1) is 11.3 Å². The van der Waals surface area contributed by atoms with Crippen molar-refractivity contribution < 1.29 is 31.1 Å². The molecule has 0 spiro atoms. The van der Waals surface area contributed by atoms with Gasteiger partial charge in [0.2, 0.25) is 0 Å². The van der Waals surface area contributed by atoms with Crippen LogP contribution in [0.2, 0.25) is 0 Å². The minimum absolute atomic E-state index is 0.164. The molecule has 8 heteroatoms. The Morgan fingerprint density at radius 3 is 2.25 bits per heavy atom. The summed E-state index contributed by atoms with van der Waals surface area (Å²) in [5.41, 5.74) is -1.39. The van der Waals surface area contributed by atoms with Crippen molar-refractivity contribution in [1.82, 2.24) is 0 Å². The van der Waals surface area contributed by atoms with E-state index >= 15 is 0 Å². The summed E-state index contributed by atoms with van der Waals surface area (Å²) in [6.07, 6.45) is -10.3. The van der Waals surface area contributed by atoms with Crippen LogP contribution in [0.15, 0.2) is 18.2 Å². The first-order valence-electron chi connectivity index (χ1n) is 5.44. The molecule has 20 heavy (non-hydrogen) atoms. The summed E-state index contributed by atoms with van der Waals surface area (Å²) in [6.45, 7) is -0.334. The fourth-order valence-corrected chi connectivity index (χ4v) is 1.37. The molecule has 1 rings (SSSR count).